The van der Waals surface area contributed by atoms with Crippen LogP contribution in [0.5, 0.6) is 0 Å². The van der Waals surface area contributed by atoms with Gasteiger partial charge in [0, 0.05) is 0 Å². The average molecular weight is 1430 g/mol. The number of guanidine groups is 2. The van der Waals surface area contributed by atoms with E-state index in [1.807, 2.05) is 0 Å². The highest BCUT2D eigenvalue weighted by Gasteiger charge is 2.57. The summed E-state index contributed by atoms with van der Waals surface area (Å²) in [6.07, 6.45) is -43.4. The first-order chi connectivity index (χ1) is 46.6. The lowest BCUT2D eigenvalue weighted by molar-refractivity contribution is -0.671. The molecular formula is C70H52F24N6+2. The number of hydrogen-bond acceptors (Lipinski definition) is 0. The highest BCUT2D eigenvalue weighted by molar-refractivity contribution is 5.81. The molecule has 0 bridgehead atoms. The topological polar surface area (TPSA) is 19.0 Å². The van der Waals surface area contributed by atoms with E-state index in [1.165, 1.54) is 150 Å². The number of benzene rings is 8. The molecule has 100 heavy (non-hydrogen) atoms. The van der Waals surface area contributed by atoms with E-state index in [0.29, 0.717) is 48.5 Å². The van der Waals surface area contributed by atoms with E-state index < -0.39 is 193 Å². The van der Waals surface area contributed by atoms with Crippen molar-refractivity contribution in [3.05, 3.63) is 283 Å². The molecule has 3 saturated heterocycles. The summed E-state index contributed by atoms with van der Waals surface area (Å²) >= 11 is 0. The van der Waals surface area contributed by atoms with Crippen LogP contribution in [-0.2, 0) is 75.6 Å². The zero-order chi connectivity index (χ0) is 72.5. The zero-order valence-electron chi connectivity index (χ0n) is 51.2. The molecule has 528 valence electrons. The lowest BCUT2D eigenvalue weighted by Gasteiger charge is -2.30. The van der Waals surface area contributed by atoms with Crippen molar-refractivity contribution in [2.45, 2.75) is 99.8 Å². The minimum atomic E-state index is -5.43. The first-order valence-corrected chi connectivity index (χ1v) is 30.2. The predicted molar refractivity (Wildman–Crippen MR) is 315 cm³/mol. The molecule has 0 unspecified atom stereocenters. The molecule has 0 N–H and O–H groups in total. The van der Waals surface area contributed by atoms with Crippen molar-refractivity contribution in [3.63, 3.8) is 0 Å². The Kier molecular flexibility index (Phi) is 19.1. The van der Waals surface area contributed by atoms with Crippen LogP contribution >= 0.6 is 0 Å². The van der Waals surface area contributed by atoms with Gasteiger partial charge in [-0.1, -0.05) is 121 Å². The molecule has 11 rings (SSSR count). The van der Waals surface area contributed by atoms with Crippen LogP contribution in [0.15, 0.2) is 194 Å². The Morgan fingerprint density at radius 1 is 0.230 bits per heavy atom. The van der Waals surface area contributed by atoms with Crippen molar-refractivity contribution in [1.29, 1.82) is 0 Å². The fraction of sp³-hybridized carbons (Fsp3) is 0.286. The van der Waals surface area contributed by atoms with E-state index in [2.05, 4.69) is 0 Å². The Balaban J connectivity index is 1.20. The molecule has 3 heterocycles. The Morgan fingerprint density at radius 3 is 0.520 bits per heavy atom. The standard InChI is InChI=1S/C70H52F24N6/c71-63(72,73)49-25-41(26-50(33-49)64(74,75)76)37-97-57(45-13-5-1-6-14-45)58(46-15-7-2-8-16-46)98(38-42-27-51(65(77,78)79)34-52(28-42)66(80,81)82)61(97)95-21-23-96(24-22-95)62-99(39-43-29-53(67(83,84)85)35-54(30-43)68(86,87)88)59(47-17-9-3-10-18-47)60(48-19-11-4-12-20-48)100(62)40-44-31-55(69(89,90)91)36-56(32-44)70(92,93)94/h1-20,25-36,57-60H,21-24,37-40H2/q+2/t57-,58-,59-,60-/m0/s1. The van der Waals surface area contributed by atoms with E-state index in [9.17, 15) is 105 Å². The molecule has 3 fully saturated rings. The van der Waals surface area contributed by atoms with E-state index in [-0.39, 0.29) is 58.4 Å². The molecule has 8 aromatic rings. The van der Waals surface area contributed by atoms with Crippen molar-refractivity contribution in [1.82, 2.24) is 19.6 Å². The van der Waals surface area contributed by atoms with Gasteiger partial charge in [-0.2, -0.15) is 105 Å². The lowest BCUT2D eigenvalue weighted by atomic mass is 9.92. The van der Waals surface area contributed by atoms with Crippen molar-refractivity contribution in [2.24, 2.45) is 0 Å². The maximum Gasteiger partial charge on any atom is 0.416 e. The quantitative estimate of drug-likeness (QED) is 0.0896. The van der Waals surface area contributed by atoms with Gasteiger partial charge >= 0.3 is 61.3 Å². The Bertz CT molecular complexity index is 3630. The molecule has 3 aliphatic heterocycles. The molecule has 4 atom stereocenters. The van der Waals surface area contributed by atoms with Crippen molar-refractivity contribution < 1.29 is 115 Å². The summed E-state index contributed by atoms with van der Waals surface area (Å²) in [5.41, 5.74) is -15.8. The Hall–Kier alpha value is -9.38. The van der Waals surface area contributed by atoms with Gasteiger partial charge in [0.2, 0.25) is 0 Å². The van der Waals surface area contributed by atoms with Crippen molar-refractivity contribution >= 4 is 11.9 Å². The molecule has 0 amide bonds. The van der Waals surface area contributed by atoms with Gasteiger partial charge in [-0.3, -0.25) is 9.15 Å². The molecule has 0 saturated carbocycles. The number of nitrogens with zero attached hydrogens (tertiary/aromatic N) is 6. The smallest absolute Gasteiger partial charge is 0.258 e. The maximum absolute atomic E-state index is 14.8. The SMILES string of the molecule is FC(F)(F)c1cc(CN2C(=[N+]3CC[N+](=C4N(Cc5cc(C(F)(F)F)cc(C(F)(F)F)c5)[C@@H](c5ccccc5)[C@H](c5ccccc5)N4Cc4cc(C(F)(F)F)cc(C(F)(F)F)c4)CC3)N(Cc3cc(C(F)(F)F)cc(C(F)(F)F)c3)[C@@H](c3ccccc3)[C@@H]2c2ccccc2)cc(C(F)(F)F)c1. The molecule has 30 heteroatoms. The average Bonchev–Trinajstić information content (AvgIpc) is 1.58. The number of halogens is 24. The number of rotatable bonds is 12. The minimum Gasteiger partial charge on any atom is -0.258 e. The Morgan fingerprint density at radius 2 is 0.380 bits per heavy atom. The molecule has 8 aromatic carbocycles. The fourth-order valence-corrected chi connectivity index (χ4v) is 13.3. The summed E-state index contributed by atoms with van der Waals surface area (Å²) in [5, 5.41) is 0. The summed E-state index contributed by atoms with van der Waals surface area (Å²) < 4.78 is 358. The number of piperazine rings is 1. The van der Waals surface area contributed by atoms with Crippen LogP contribution in [0, 0.1) is 0 Å². The van der Waals surface area contributed by atoms with E-state index >= 15 is 0 Å². The van der Waals surface area contributed by atoms with E-state index in [1.54, 1.807) is 0 Å². The molecule has 0 aromatic heterocycles. The molecular weight excluding hydrogens is 1380 g/mol. The normalized spacial score (nSPS) is 18.6. The van der Waals surface area contributed by atoms with Crippen molar-refractivity contribution in [3.8, 4) is 0 Å². The van der Waals surface area contributed by atoms with Gasteiger partial charge in [0.1, 0.15) is 24.2 Å². The molecule has 0 aliphatic carbocycles. The summed E-state index contributed by atoms with van der Waals surface area (Å²) in [6.45, 7) is -5.66. The Labute approximate surface area is 553 Å². The van der Waals surface area contributed by atoms with Crippen LogP contribution in [0.1, 0.15) is 113 Å². The fourth-order valence-electron chi connectivity index (χ4n) is 13.3. The second-order valence-corrected chi connectivity index (χ2v) is 24.2. The first kappa shape index (κ1) is 71.9. The number of alkyl halides is 24. The summed E-state index contributed by atoms with van der Waals surface area (Å²) in [7, 11) is 0. The molecule has 0 spiro atoms. The zero-order valence-corrected chi connectivity index (χ0v) is 51.2. The van der Waals surface area contributed by atoms with Gasteiger partial charge in [-0.05, 0) is 117 Å². The summed E-state index contributed by atoms with van der Waals surface area (Å²) in [6, 6.07) is 27.6. The van der Waals surface area contributed by atoms with Gasteiger partial charge in [0.15, 0.2) is 0 Å². The monoisotopic (exact) mass is 1430 g/mol. The van der Waals surface area contributed by atoms with Gasteiger partial charge in [0.05, 0.1) is 96.9 Å². The van der Waals surface area contributed by atoms with Crippen LogP contribution in [0.2, 0.25) is 0 Å². The summed E-state index contributed by atoms with van der Waals surface area (Å²) in [5.74, 6) is -0.470. The van der Waals surface area contributed by atoms with Crippen LogP contribution in [0.3, 0.4) is 0 Å². The number of hydrogen-bond donors (Lipinski definition) is 0. The van der Waals surface area contributed by atoms with E-state index in [0.717, 1.165) is 0 Å². The van der Waals surface area contributed by atoms with Crippen LogP contribution < -0.4 is 0 Å². The third-order valence-corrected chi connectivity index (χ3v) is 17.4. The van der Waals surface area contributed by atoms with Gasteiger partial charge in [-0.25, -0.2) is 19.6 Å². The molecule has 0 radical (unpaired) electrons. The lowest BCUT2D eigenvalue weighted by Crippen LogP contribution is -2.51. The second-order valence-electron chi connectivity index (χ2n) is 24.2. The van der Waals surface area contributed by atoms with Gasteiger partial charge < -0.3 is 0 Å². The highest BCUT2D eigenvalue weighted by atomic mass is 19.4. The van der Waals surface area contributed by atoms with Gasteiger partial charge in [0.25, 0.3) is 0 Å². The van der Waals surface area contributed by atoms with Crippen molar-refractivity contribution in [2.75, 3.05) is 26.2 Å². The first-order valence-electron chi connectivity index (χ1n) is 30.2. The second kappa shape index (κ2) is 26.6. The maximum atomic E-state index is 14.8. The van der Waals surface area contributed by atoms with E-state index in [4.69, 9.17) is 0 Å². The largest absolute Gasteiger partial charge is 0.416 e. The van der Waals surface area contributed by atoms with Gasteiger partial charge in [-0.15, -0.1) is 0 Å². The van der Waals surface area contributed by atoms with Crippen LogP contribution in [0.25, 0.3) is 0 Å². The highest BCUT2D eigenvalue weighted by Crippen LogP contribution is 2.51. The van der Waals surface area contributed by atoms with Crippen LogP contribution in [-0.4, -0.2) is 66.8 Å². The predicted octanol–water partition coefficient (Wildman–Crippen LogP) is 19.9. The molecule has 6 nitrogen and oxygen atoms in total. The minimum absolute atomic E-state index is 0.139. The molecule has 3 aliphatic rings. The third-order valence-electron chi connectivity index (χ3n) is 17.4. The third kappa shape index (κ3) is 15.6. The van der Waals surface area contributed by atoms with Crippen LogP contribution in [0.4, 0.5) is 105 Å². The summed E-state index contributed by atoms with van der Waals surface area (Å²) in [4.78, 5) is 5.30.